The summed E-state index contributed by atoms with van der Waals surface area (Å²) in [5, 5.41) is 2.91. The zero-order valence-corrected chi connectivity index (χ0v) is 15.5. The van der Waals surface area contributed by atoms with Gasteiger partial charge in [0.05, 0.1) is 0 Å². The molecule has 1 saturated carbocycles. The number of ether oxygens (including phenoxy) is 2. The van der Waals surface area contributed by atoms with Gasteiger partial charge in [-0.05, 0) is 48.7 Å². The highest BCUT2D eigenvalue weighted by Gasteiger charge is 2.27. The van der Waals surface area contributed by atoms with Crippen LogP contribution in [0.5, 0.6) is 11.5 Å². The number of carbonyl (C=O) groups is 2. The van der Waals surface area contributed by atoms with Crippen LogP contribution in [0.1, 0.15) is 41.6 Å². The lowest BCUT2D eigenvalue weighted by atomic mass is 10.1. The number of nitrogens with two attached hydrogens (primary N) is 1. The number of amides is 3. The number of anilines is 1. The van der Waals surface area contributed by atoms with Crippen LogP contribution in [0.15, 0.2) is 42.5 Å². The Kier molecular flexibility index (Phi) is 5.06. The summed E-state index contributed by atoms with van der Waals surface area (Å²) in [4.78, 5) is 26.3. The van der Waals surface area contributed by atoms with Crippen molar-refractivity contribution in [3.8, 4) is 11.5 Å². The molecule has 1 aliphatic heterocycles. The van der Waals surface area contributed by atoms with Gasteiger partial charge in [-0.2, -0.15) is 0 Å². The third-order valence-corrected chi connectivity index (χ3v) is 5.21. The van der Waals surface area contributed by atoms with Crippen LogP contribution in [0.3, 0.4) is 0 Å². The Labute approximate surface area is 163 Å². The summed E-state index contributed by atoms with van der Waals surface area (Å²) < 4.78 is 10.8. The molecule has 4 rings (SSSR count). The van der Waals surface area contributed by atoms with Gasteiger partial charge >= 0.3 is 6.03 Å². The Morgan fingerprint density at radius 3 is 2.64 bits per heavy atom. The third-order valence-electron chi connectivity index (χ3n) is 5.21. The van der Waals surface area contributed by atoms with Gasteiger partial charge in [0.2, 0.25) is 12.7 Å². The average molecular weight is 381 g/mol. The molecule has 0 aromatic heterocycles. The molecule has 0 radical (unpaired) electrons. The fourth-order valence-corrected chi connectivity index (χ4v) is 3.76. The summed E-state index contributed by atoms with van der Waals surface area (Å²) in [6.45, 7) is 0.699. The van der Waals surface area contributed by atoms with Gasteiger partial charge in [0.25, 0.3) is 0 Å². The Morgan fingerprint density at radius 2 is 1.86 bits per heavy atom. The van der Waals surface area contributed by atoms with Crippen LogP contribution in [-0.4, -0.2) is 29.7 Å². The minimum absolute atomic E-state index is 0.185. The molecule has 2 aromatic rings. The van der Waals surface area contributed by atoms with Crippen LogP contribution in [0, 0.1) is 0 Å². The van der Waals surface area contributed by atoms with Gasteiger partial charge in [-0.3, -0.25) is 4.79 Å². The number of carbonyl (C=O) groups excluding carboxylic acids is 2. The second kappa shape index (κ2) is 7.80. The maximum atomic E-state index is 13.1. The molecule has 1 heterocycles. The van der Waals surface area contributed by atoms with Crippen molar-refractivity contribution in [3.05, 3.63) is 53.6 Å². The standard InChI is InChI=1S/C21H23N3O4/c22-20(25)15-4-3-5-16(11-15)23-21(26)24(17-6-1-2-7-17)12-14-8-9-18-19(10-14)28-13-27-18/h3-5,8-11,17H,1-2,6-7,12-13H2,(H2,22,25)(H,23,26). The van der Waals surface area contributed by atoms with Gasteiger partial charge in [-0.25, -0.2) is 4.79 Å². The Hall–Kier alpha value is -3.22. The molecule has 2 aromatic carbocycles. The topological polar surface area (TPSA) is 93.9 Å². The van der Waals surface area contributed by atoms with Crippen molar-refractivity contribution in [1.29, 1.82) is 0 Å². The number of fused-ring (bicyclic) bond motifs is 1. The van der Waals surface area contributed by atoms with Crippen LogP contribution < -0.4 is 20.5 Å². The van der Waals surface area contributed by atoms with Gasteiger partial charge in [-0.15, -0.1) is 0 Å². The van der Waals surface area contributed by atoms with Gasteiger partial charge in [-0.1, -0.05) is 25.0 Å². The lowest BCUT2D eigenvalue weighted by Crippen LogP contribution is -2.41. The maximum absolute atomic E-state index is 13.1. The molecule has 1 aliphatic carbocycles. The lowest BCUT2D eigenvalue weighted by Gasteiger charge is -2.29. The van der Waals surface area contributed by atoms with Crippen LogP contribution in [-0.2, 0) is 6.54 Å². The van der Waals surface area contributed by atoms with Gasteiger partial charge in [0.15, 0.2) is 11.5 Å². The normalized spacial score (nSPS) is 15.4. The number of nitrogens with zero attached hydrogens (tertiary/aromatic N) is 1. The SMILES string of the molecule is NC(=O)c1cccc(NC(=O)N(Cc2ccc3c(c2)OCO3)C2CCCC2)c1. The molecule has 0 spiro atoms. The predicted octanol–water partition coefficient (Wildman–Crippen LogP) is 3.49. The number of benzene rings is 2. The largest absolute Gasteiger partial charge is 0.454 e. The van der Waals surface area contributed by atoms with Crippen LogP contribution in [0.25, 0.3) is 0 Å². The van der Waals surface area contributed by atoms with E-state index >= 15 is 0 Å². The molecule has 146 valence electrons. The molecule has 2 aliphatic rings. The molecule has 0 bridgehead atoms. The van der Waals surface area contributed by atoms with E-state index in [-0.39, 0.29) is 18.9 Å². The van der Waals surface area contributed by atoms with Crippen molar-refractivity contribution < 1.29 is 19.1 Å². The first-order chi connectivity index (χ1) is 13.6. The maximum Gasteiger partial charge on any atom is 0.322 e. The van der Waals surface area contributed by atoms with E-state index in [0.29, 0.717) is 23.5 Å². The Balaban J connectivity index is 1.53. The van der Waals surface area contributed by atoms with Gasteiger partial charge in [0, 0.05) is 23.8 Å². The molecule has 3 amide bonds. The quantitative estimate of drug-likeness (QED) is 0.829. The first kappa shape index (κ1) is 18.2. The highest BCUT2D eigenvalue weighted by atomic mass is 16.7. The summed E-state index contributed by atoms with van der Waals surface area (Å²) in [7, 11) is 0. The van der Waals surface area contributed by atoms with E-state index in [9.17, 15) is 9.59 Å². The zero-order valence-electron chi connectivity index (χ0n) is 15.5. The zero-order chi connectivity index (χ0) is 19.5. The highest BCUT2D eigenvalue weighted by Crippen LogP contribution is 2.34. The first-order valence-corrected chi connectivity index (χ1v) is 9.46. The molecular formula is C21H23N3O4. The minimum Gasteiger partial charge on any atom is -0.454 e. The summed E-state index contributed by atoms with van der Waals surface area (Å²) >= 11 is 0. The highest BCUT2D eigenvalue weighted by molar-refractivity contribution is 5.96. The van der Waals surface area contributed by atoms with E-state index in [1.54, 1.807) is 24.3 Å². The van der Waals surface area contributed by atoms with Crippen LogP contribution >= 0.6 is 0 Å². The van der Waals surface area contributed by atoms with E-state index in [0.717, 1.165) is 37.0 Å². The first-order valence-electron chi connectivity index (χ1n) is 9.46. The van der Waals surface area contributed by atoms with E-state index in [4.69, 9.17) is 15.2 Å². The number of rotatable bonds is 5. The molecule has 0 saturated heterocycles. The molecule has 7 nitrogen and oxygen atoms in total. The van der Waals surface area contributed by atoms with Gasteiger partial charge in [0.1, 0.15) is 0 Å². The van der Waals surface area contributed by atoms with E-state index in [1.165, 1.54) is 0 Å². The second-order valence-electron chi connectivity index (χ2n) is 7.13. The van der Waals surface area contributed by atoms with Crippen molar-refractivity contribution >= 4 is 17.6 Å². The van der Waals surface area contributed by atoms with Crippen molar-refractivity contribution in [2.75, 3.05) is 12.1 Å². The van der Waals surface area contributed by atoms with Crippen molar-refractivity contribution in [2.24, 2.45) is 5.73 Å². The number of primary amides is 1. The second-order valence-corrected chi connectivity index (χ2v) is 7.13. The molecule has 0 atom stereocenters. The van der Waals surface area contributed by atoms with Gasteiger partial charge < -0.3 is 25.4 Å². The fraction of sp³-hybridized carbons (Fsp3) is 0.333. The van der Waals surface area contributed by atoms with E-state index in [2.05, 4.69) is 5.32 Å². The van der Waals surface area contributed by atoms with E-state index in [1.807, 2.05) is 23.1 Å². The Bertz CT molecular complexity index is 893. The molecule has 0 unspecified atom stereocenters. The molecule has 3 N–H and O–H groups in total. The van der Waals surface area contributed by atoms with Crippen molar-refractivity contribution in [2.45, 2.75) is 38.3 Å². The van der Waals surface area contributed by atoms with Crippen molar-refractivity contribution in [1.82, 2.24) is 4.90 Å². The van der Waals surface area contributed by atoms with Crippen LogP contribution in [0.2, 0.25) is 0 Å². The molecular weight excluding hydrogens is 358 g/mol. The average Bonchev–Trinajstić information content (AvgIpc) is 3.37. The smallest absolute Gasteiger partial charge is 0.322 e. The van der Waals surface area contributed by atoms with Crippen LogP contribution in [0.4, 0.5) is 10.5 Å². The number of hydrogen-bond acceptors (Lipinski definition) is 4. The summed E-state index contributed by atoms with van der Waals surface area (Å²) in [6.07, 6.45) is 4.21. The monoisotopic (exact) mass is 381 g/mol. The molecule has 7 heteroatoms. The summed E-state index contributed by atoms with van der Waals surface area (Å²) in [6, 6.07) is 12.4. The van der Waals surface area contributed by atoms with Crippen molar-refractivity contribution in [3.63, 3.8) is 0 Å². The Morgan fingerprint density at radius 1 is 1.07 bits per heavy atom. The fourth-order valence-electron chi connectivity index (χ4n) is 3.76. The predicted molar refractivity (Wildman–Crippen MR) is 104 cm³/mol. The number of urea groups is 1. The third kappa shape index (κ3) is 3.88. The molecule has 28 heavy (non-hydrogen) atoms. The lowest BCUT2D eigenvalue weighted by molar-refractivity contribution is 0.1000. The molecule has 1 fully saturated rings. The number of nitrogens with one attached hydrogen (secondary N) is 1. The summed E-state index contributed by atoms with van der Waals surface area (Å²) in [5.74, 6) is 0.909. The minimum atomic E-state index is -0.524. The summed E-state index contributed by atoms with van der Waals surface area (Å²) in [5.41, 5.74) is 7.23. The number of hydrogen-bond donors (Lipinski definition) is 2. The van der Waals surface area contributed by atoms with E-state index < -0.39 is 5.91 Å².